The molecule has 0 spiro atoms. The van der Waals surface area contributed by atoms with Crippen LogP contribution in [0.1, 0.15) is 46.5 Å². The molecular formula is C17H31N3O3. The van der Waals surface area contributed by atoms with Crippen molar-refractivity contribution in [2.45, 2.75) is 58.1 Å². The molecule has 132 valence electrons. The normalized spacial score (nSPS) is 22.0. The van der Waals surface area contributed by atoms with Crippen LogP contribution in [-0.4, -0.2) is 66.7 Å². The molecule has 0 saturated carbocycles. The van der Waals surface area contributed by atoms with E-state index in [-0.39, 0.29) is 17.9 Å². The number of carbonyl (C=O) groups is 2. The second-order valence-corrected chi connectivity index (χ2v) is 7.83. The first kappa shape index (κ1) is 18.0. The lowest BCUT2D eigenvalue weighted by atomic mass is 9.95. The molecule has 2 aliphatic rings. The average molecular weight is 325 g/mol. The number of piperidine rings is 2. The SMILES string of the molecule is CN1CCC(NC(=O)C2CCN(C(=O)OC(C)(C)C)CC2)CC1. The number of nitrogens with zero attached hydrogens (tertiary/aromatic N) is 2. The van der Waals surface area contributed by atoms with Gasteiger partial charge in [-0.25, -0.2) is 4.79 Å². The molecule has 2 heterocycles. The van der Waals surface area contributed by atoms with E-state index in [9.17, 15) is 9.59 Å². The molecule has 0 unspecified atom stereocenters. The second-order valence-electron chi connectivity index (χ2n) is 7.83. The van der Waals surface area contributed by atoms with E-state index in [4.69, 9.17) is 4.74 Å². The maximum Gasteiger partial charge on any atom is 0.410 e. The van der Waals surface area contributed by atoms with Crippen molar-refractivity contribution in [3.8, 4) is 0 Å². The van der Waals surface area contributed by atoms with Crippen LogP contribution in [0.25, 0.3) is 0 Å². The average Bonchev–Trinajstić information content (AvgIpc) is 2.48. The van der Waals surface area contributed by atoms with Gasteiger partial charge in [-0.2, -0.15) is 0 Å². The summed E-state index contributed by atoms with van der Waals surface area (Å²) in [6, 6.07) is 0.308. The van der Waals surface area contributed by atoms with Gasteiger partial charge in [-0.3, -0.25) is 4.79 Å². The first-order valence-corrected chi connectivity index (χ1v) is 8.71. The third-order valence-corrected chi connectivity index (χ3v) is 4.58. The van der Waals surface area contributed by atoms with Crippen LogP contribution in [0.4, 0.5) is 4.79 Å². The minimum atomic E-state index is -0.473. The lowest BCUT2D eigenvalue weighted by Gasteiger charge is -2.34. The minimum absolute atomic E-state index is 0.0216. The van der Waals surface area contributed by atoms with Gasteiger partial charge in [0.15, 0.2) is 0 Å². The van der Waals surface area contributed by atoms with Crippen molar-refractivity contribution in [1.29, 1.82) is 0 Å². The van der Waals surface area contributed by atoms with Crippen molar-refractivity contribution in [1.82, 2.24) is 15.1 Å². The van der Waals surface area contributed by atoms with Crippen LogP contribution < -0.4 is 5.32 Å². The number of likely N-dealkylation sites (tertiary alicyclic amines) is 2. The Kier molecular flexibility index (Phi) is 5.89. The maximum atomic E-state index is 12.4. The van der Waals surface area contributed by atoms with Crippen LogP contribution in [-0.2, 0) is 9.53 Å². The molecule has 0 atom stereocenters. The molecular weight excluding hydrogens is 294 g/mol. The van der Waals surface area contributed by atoms with Crippen LogP contribution in [0.3, 0.4) is 0 Å². The van der Waals surface area contributed by atoms with Crippen molar-refractivity contribution in [3.63, 3.8) is 0 Å². The van der Waals surface area contributed by atoms with Crippen LogP contribution in [0.15, 0.2) is 0 Å². The molecule has 1 N–H and O–H groups in total. The summed E-state index contributed by atoms with van der Waals surface area (Å²) in [4.78, 5) is 28.4. The largest absolute Gasteiger partial charge is 0.444 e. The monoisotopic (exact) mass is 325 g/mol. The van der Waals surface area contributed by atoms with E-state index in [1.54, 1.807) is 4.90 Å². The Hall–Kier alpha value is -1.30. The molecule has 0 aromatic heterocycles. The summed E-state index contributed by atoms with van der Waals surface area (Å²) < 4.78 is 5.39. The summed E-state index contributed by atoms with van der Waals surface area (Å²) in [5.74, 6) is 0.178. The Morgan fingerprint density at radius 1 is 1.00 bits per heavy atom. The van der Waals surface area contributed by atoms with Gasteiger partial charge in [0.2, 0.25) is 5.91 Å². The number of ether oxygens (including phenoxy) is 1. The van der Waals surface area contributed by atoms with Crippen LogP contribution in [0.5, 0.6) is 0 Å². The Labute approximate surface area is 139 Å². The zero-order valence-electron chi connectivity index (χ0n) is 14.9. The van der Waals surface area contributed by atoms with E-state index < -0.39 is 5.60 Å². The summed E-state index contributed by atoms with van der Waals surface area (Å²) in [6.45, 7) is 8.89. The molecule has 2 rings (SSSR count). The summed E-state index contributed by atoms with van der Waals surface area (Å²) >= 11 is 0. The van der Waals surface area contributed by atoms with Crippen molar-refractivity contribution < 1.29 is 14.3 Å². The van der Waals surface area contributed by atoms with Crippen molar-refractivity contribution in [3.05, 3.63) is 0 Å². The zero-order valence-corrected chi connectivity index (χ0v) is 14.9. The van der Waals surface area contributed by atoms with Crippen LogP contribution in [0.2, 0.25) is 0 Å². The van der Waals surface area contributed by atoms with Crippen molar-refractivity contribution in [2.75, 3.05) is 33.2 Å². The quantitative estimate of drug-likeness (QED) is 0.841. The van der Waals surface area contributed by atoms with Crippen LogP contribution in [0, 0.1) is 5.92 Å². The van der Waals surface area contributed by atoms with E-state index in [2.05, 4.69) is 17.3 Å². The van der Waals surface area contributed by atoms with E-state index in [0.717, 1.165) is 38.8 Å². The number of rotatable bonds is 2. The summed E-state index contributed by atoms with van der Waals surface area (Å²) in [5, 5.41) is 3.19. The van der Waals surface area contributed by atoms with E-state index >= 15 is 0 Å². The number of nitrogens with one attached hydrogen (secondary N) is 1. The van der Waals surface area contributed by atoms with E-state index in [1.165, 1.54) is 0 Å². The molecule has 6 nitrogen and oxygen atoms in total. The lowest BCUT2D eigenvalue weighted by molar-refractivity contribution is -0.127. The highest BCUT2D eigenvalue weighted by Gasteiger charge is 2.31. The number of carbonyl (C=O) groups excluding carboxylic acids is 2. The maximum absolute atomic E-state index is 12.4. The van der Waals surface area contributed by atoms with Gasteiger partial charge in [0.05, 0.1) is 0 Å². The van der Waals surface area contributed by atoms with E-state index in [0.29, 0.717) is 19.1 Å². The van der Waals surface area contributed by atoms with E-state index in [1.807, 2.05) is 20.8 Å². The number of hydrogen-bond acceptors (Lipinski definition) is 4. The molecule has 0 aliphatic carbocycles. The molecule has 6 heteroatoms. The molecule has 0 radical (unpaired) electrons. The topological polar surface area (TPSA) is 61.9 Å². The molecule has 0 aromatic carbocycles. The van der Waals surface area contributed by atoms with Gasteiger partial charge in [0.1, 0.15) is 5.60 Å². The summed E-state index contributed by atoms with van der Waals surface area (Å²) in [5.41, 5.74) is -0.473. The number of amides is 2. The van der Waals surface area contributed by atoms with Crippen molar-refractivity contribution >= 4 is 12.0 Å². The first-order valence-electron chi connectivity index (χ1n) is 8.71. The fourth-order valence-electron chi connectivity index (χ4n) is 3.12. The van der Waals surface area contributed by atoms with Gasteiger partial charge in [-0.05, 0) is 66.6 Å². The van der Waals surface area contributed by atoms with Gasteiger partial charge >= 0.3 is 6.09 Å². The Morgan fingerprint density at radius 3 is 2.09 bits per heavy atom. The molecule has 2 amide bonds. The van der Waals surface area contributed by atoms with Gasteiger partial charge < -0.3 is 19.9 Å². The third kappa shape index (κ3) is 5.68. The molecule has 0 bridgehead atoms. The molecule has 0 aromatic rings. The highest BCUT2D eigenvalue weighted by molar-refractivity contribution is 5.79. The third-order valence-electron chi connectivity index (χ3n) is 4.58. The molecule has 23 heavy (non-hydrogen) atoms. The molecule has 2 aliphatic heterocycles. The number of hydrogen-bond donors (Lipinski definition) is 1. The summed E-state index contributed by atoms with van der Waals surface area (Å²) in [6.07, 6.45) is 3.22. The standard InChI is InChI=1S/C17H31N3O3/c1-17(2,3)23-16(22)20-11-5-13(6-12-20)15(21)18-14-7-9-19(4)10-8-14/h13-14H,5-12H2,1-4H3,(H,18,21). The van der Waals surface area contributed by atoms with Gasteiger partial charge in [0, 0.05) is 25.0 Å². The summed E-state index contributed by atoms with van der Waals surface area (Å²) in [7, 11) is 2.12. The fourth-order valence-corrected chi connectivity index (χ4v) is 3.12. The highest BCUT2D eigenvalue weighted by atomic mass is 16.6. The smallest absolute Gasteiger partial charge is 0.410 e. The Bertz CT molecular complexity index is 417. The van der Waals surface area contributed by atoms with Gasteiger partial charge in [0.25, 0.3) is 0 Å². The lowest BCUT2D eigenvalue weighted by Crippen LogP contribution is -2.48. The predicted molar refractivity (Wildman–Crippen MR) is 89.2 cm³/mol. The Morgan fingerprint density at radius 2 is 1.57 bits per heavy atom. The second kappa shape index (κ2) is 7.51. The highest BCUT2D eigenvalue weighted by Crippen LogP contribution is 2.20. The molecule has 2 fully saturated rings. The Balaban J connectivity index is 1.73. The van der Waals surface area contributed by atoms with Crippen LogP contribution >= 0.6 is 0 Å². The fraction of sp³-hybridized carbons (Fsp3) is 0.882. The minimum Gasteiger partial charge on any atom is -0.444 e. The molecule has 2 saturated heterocycles. The van der Waals surface area contributed by atoms with Crippen molar-refractivity contribution in [2.24, 2.45) is 5.92 Å². The van der Waals surface area contributed by atoms with Gasteiger partial charge in [-0.1, -0.05) is 0 Å². The van der Waals surface area contributed by atoms with Gasteiger partial charge in [-0.15, -0.1) is 0 Å². The zero-order chi connectivity index (χ0) is 17.0. The first-order chi connectivity index (χ1) is 10.7. The predicted octanol–water partition coefficient (Wildman–Crippen LogP) is 1.84.